The summed E-state index contributed by atoms with van der Waals surface area (Å²) in [6.07, 6.45) is 2.37. The smallest absolute Gasteiger partial charge is 0.115 e. The topological polar surface area (TPSA) is 12.5 Å². The van der Waals surface area contributed by atoms with E-state index in [1.54, 1.807) is 7.11 Å². The van der Waals surface area contributed by atoms with Crippen LogP contribution in [0.1, 0.15) is 33.1 Å². The highest BCUT2D eigenvalue weighted by atomic mass is 19.1. The molecule has 0 N–H and O–H groups in total. The van der Waals surface area contributed by atoms with Gasteiger partial charge in [-0.3, -0.25) is 4.90 Å². The van der Waals surface area contributed by atoms with Crippen LogP contribution in [0.4, 0.5) is 4.39 Å². The predicted molar refractivity (Wildman–Crippen MR) is 56.3 cm³/mol. The van der Waals surface area contributed by atoms with Crippen LogP contribution in [-0.2, 0) is 4.74 Å². The van der Waals surface area contributed by atoms with E-state index in [-0.39, 0.29) is 5.54 Å². The first-order valence-corrected chi connectivity index (χ1v) is 5.65. The van der Waals surface area contributed by atoms with Gasteiger partial charge in [0, 0.05) is 25.6 Å². The molecule has 2 aliphatic rings. The summed E-state index contributed by atoms with van der Waals surface area (Å²) in [4.78, 5) is 2.27. The molecule has 0 aromatic rings. The van der Waals surface area contributed by atoms with E-state index in [0.29, 0.717) is 19.6 Å². The normalized spacial score (nSPS) is 36.4. The highest BCUT2D eigenvalue weighted by Crippen LogP contribution is 2.39. The van der Waals surface area contributed by atoms with Crippen LogP contribution in [0.3, 0.4) is 0 Å². The molecule has 2 atom stereocenters. The van der Waals surface area contributed by atoms with Crippen molar-refractivity contribution in [2.45, 2.75) is 44.8 Å². The quantitative estimate of drug-likeness (QED) is 0.682. The Hall–Kier alpha value is -0.150. The fourth-order valence-corrected chi connectivity index (χ4v) is 2.72. The van der Waals surface area contributed by atoms with Gasteiger partial charge in [0.1, 0.15) is 6.17 Å². The Morgan fingerprint density at radius 2 is 2.21 bits per heavy atom. The molecule has 14 heavy (non-hydrogen) atoms. The van der Waals surface area contributed by atoms with Gasteiger partial charge in [-0.2, -0.15) is 0 Å². The van der Waals surface area contributed by atoms with Gasteiger partial charge in [0.25, 0.3) is 0 Å². The molecule has 3 heteroatoms. The minimum absolute atomic E-state index is 0.0637. The summed E-state index contributed by atoms with van der Waals surface area (Å²) in [5.41, 5.74) is 0.0637. The van der Waals surface area contributed by atoms with Crippen molar-refractivity contribution in [1.29, 1.82) is 0 Å². The van der Waals surface area contributed by atoms with E-state index in [0.717, 1.165) is 13.0 Å². The van der Waals surface area contributed by atoms with Crippen LogP contribution < -0.4 is 0 Å². The number of hydrogen-bond acceptors (Lipinski definition) is 2. The Labute approximate surface area is 86.4 Å². The molecule has 2 aliphatic heterocycles. The number of fused-ring (bicyclic) bond motifs is 1. The zero-order valence-corrected chi connectivity index (χ0v) is 9.55. The molecule has 0 aromatic carbocycles. The zero-order chi connectivity index (χ0) is 10.6. The van der Waals surface area contributed by atoms with Crippen molar-refractivity contribution in [2.24, 2.45) is 0 Å². The summed E-state index contributed by atoms with van der Waals surface area (Å²) in [5, 5.41) is 0. The molecule has 0 saturated carbocycles. The van der Waals surface area contributed by atoms with Crippen molar-refractivity contribution in [3.05, 3.63) is 0 Å². The van der Waals surface area contributed by atoms with Crippen LogP contribution in [0.5, 0.6) is 0 Å². The Kier molecular flexibility index (Phi) is 4.32. The van der Waals surface area contributed by atoms with Gasteiger partial charge in [-0.25, -0.2) is 4.39 Å². The van der Waals surface area contributed by atoms with Gasteiger partial charge in [-0.05, 0) is 19.4 Å². The van der Waals surface area contributed by atoms with E-state index in [4.69, 9.17) is 4.74 Å². The Bertz CT molecular complexity index is 177. The van der Waals surface area contributed by atoms with E-state index >= 15 is 0 Å². The van der Waals surface area contributed by atoms with E-state index < -0.39 is 6.17 Å². The maximum absolute atomic E-state index is 13.1. The number of halogens is 1. The molecule has 0 bridgehead atoms. The lowest BCUT2D eigenvalue weighted by molar-refractivity contribution is 0.0652. The lowest BCUT2D eigenvalue weighted by Crippen LogP contribution is -2.42. The number of ether oxygens (including phenoxy) is 1. The second-order valence-corrected chi connectivity index (χ2v) is 4.01. The zero-order valence-electron chi connectivity index (χ0n) is 9.55. The molecule has 2 rings (SSSR count). The molecule has 0 amide bonds. The first kappa shape index (κ1) is 11.9. The van der Waals surface area contributed by atoms with Crippen LogP contribution >= 0.6 is 0 Å². The minimum Gasteiger partial charge on any atom is -0.383 e. The molecule has 2 saturated heterocycles. The lowest BCUT2D eigenvalue weighted by Gasteiger charge is -2.30. The molecule has 2 nitrogen and oxygen atoms in total. The van der Waals surface area contributed by atoms with Crippen molar-refractivity contribution in [1.82, 2.24) is 4.90 Å². The average molecular weight is 203 g/mol. The standard InChI is InChI=1S/C9H16FNO.C2H6/c1-12-7-9-3-2-4-11(9)6-8(10)5-9;1-2/h8H,2-7H2,1H3;1-2H3/t8-,9-;/m1./s1. The highest BCUT2D eigenvalue weighted by Gasteiger charge is 2.48. The van der Waals surface area contributed by atoms with Crippen molar-refractivity contribution in [3.8, 4) is 0 Å². The van der Waals surface area contributed by atoms with Gasteiger partial charge in [0.2, 0.25) is 0 Å². The molecule has 0 aliphatic carbocycles. The molecule has 0 radical (unpaired) electrons. The molecule has 0 unspecified atom stereocenters. The lowest BCUT2D eigenvalue weighted by atomic mass is 9.95. The number of alkyl halides is 1. The van der Waals surface area contributed by atoms with E-state index in [1.807, 2.05) is 13.8 Å². The second-order valence-electron chi connectivity index (χ2n) is 4.01. The monoisotopic (exact) mass is 203 g/mol. The third kappa shape index (κ3) is 2.09. The fraction of sp³-hybridized carbons (Fsp3) is 1.00. The van der Waals surface area contributed by atoms with Crippen molar-refractivity contribution in [2.75, 3.05) is 26.8 Å². The number of methoxy groups -OCH3 is 1. The average Bonchev–Trinajstić information content (AvgIpc) is 2.64. The third-order valence-electron chi connectivity index (χ3n) is 3.17. The van der Waals surface area contributed by atoms with Crippen molar-refractivity contribution < 1.29 is 9.13 Å². The van der Waals surface area contributed by atoms with Gasteiger partial charge in [-0.1, -0.05) is 13.8 Å². The Morgan fingerprint density at radius 3 is 2.86 bits per heavy atom. The summed E-state index contributed by atoms with van der Waals surface area (Å²) in [7, 11) is 1.71. The minimum atomic E-state index is -0.625. The summed E-state index contributed by atoms with van der Waals surface area (Å²) in [5.74, 6) is 0. The van der Waals surface area contributed by atoms with Crippen molar-refractivity contribution >= 4 is 0 Å². The first-order valence-electron chi connectivity index (χ1n) is 5.65. The Morgan fingerprint density at radius 1 is 1.50 bits per heavy atom. The maximum Gasteiger partial charge on any atom is 0.115 e. The van der Waals surface area contributed by atoms with Crippen LogP contribution in [0, 0.1) is 0 Å². The fourth-order valence-electron chi connectivity index (χ4n) is 2.72. The van der Waals surface area contributed by atoms with Crippen LogP contribution in [-0.4, -0.2) is 43.4 Å². The first-order chi connectivity index (χ1) is 6.77. The number of hydrogen-bond donors (Lipinski definition) is 0. The second kappa shape index (κ2) is 5.08. The highest BCUT2D eigenvalue weighted by molar-refractivity contribution is 5.03. The van der Waals surface area contributed by atoms with Crippen molar-refractivity contribution in [3.63, 3.8) is 0 Å². The summed E-state index contributed by atoms with van der Waals surface area (Å²) >= 11 is 0. The van der Waals surface area contributed by atoms with Crippen LogP contribution in [0.15, 0.2) is 0 Å². The molecule has 84 valence electrons. The molecular weight excluding hydrogens is 181 g/mol. The van der Waals surface area contributed by atoms with Gasteiger partial charge < -0.3 is 4.74 Å². The summed E-state index contributed by atoms with van der Waals surface area (Å²) in [6.45, 7) is 6.39. The van der Waals surface area contributed by atoms with E-state index in [1.165, 1.54) is 6.42 Å². The number of nitrogens with zero attached hydrogens (tertiary/aromatic N) is 1. The molecular formula is C11H22FNO. The van der Waals surface area contributed by atoms with Gasteiger partial charge in [-0.15, -0.1) is 0 Å². The van der Waals surface area contributed by atoms with Gasteiger partial charge in [0.05, 0.1) is 6.61 Å². The van der Waals surface area contributed by atoms with E-state index in [9.17, 15) is 4.39 Å². The molecule has 2 heterocycles. The predicted octanol–water partition coefficient (Wildman–Crippen LogP) is 2.24. The van der Waals surface area contributed by atoms with Gasteiger partial charge in [0.15, 0.2) is 0 Å². The van der Waals surface area contributed by atoms with Gasteiger partial charge >= 0.3 is 0 Å². The third-order valence-corrected chi connectivity index (χ3v) is 3.17. The Balaban J connectivity index is 0.000000461. The molecule has 0 aromatic heterocycles. The van der Waals surface area contributed by atoms with Crippen LogP contribution in [0.25, 0.3) is 0 Å². The molecule has 0 spiro atoms. The van der Waals surface area contributed by atoms with E-state index in [2.05, 4.69) is 4.90 Å². The summed E-state index contributed by atoms with van der Waals surface area (Å²) in [6, 6.07) is 0. The summed E-state index contributed by atoms with van der Waals surface area (Å²) < 4.78 is 18.3. The SMILES string of the molecule is CC.COC[C@]12CCCN1C[C@H](F)C2. The molecule has 2 fully saturated rings. The maximum atomic E-state index is 13.1. The van der Waals surface area contributed by atoms with Crippen LogP contribution in [0.2, 0.25) is 0 Å². The largest absolute Gasteiger partial charge is 0.383 e. The number of rotatable bonds is 2.